The van der Waals surface area contributed by atoms with Crippen molar-refractivity contribution in [2.24, 2.45) is 7.05 Å². The van der Waals surface area contributed by atoms with Crippen molar-refractivity contribution >= 4 is 39.0 Å². The van der Waals surface area contributed by atoms with Gasteiger partial charge in [0.05, 0.1) is 16.7 Å². The van der Waals surface area contributed by atoms with Crippen LogP contribution in [0.3, 0.4) is 0 Å². The van der Waals surface area contributed by atoms with E-state index in [1.54, 1.807) is 37.1 Å². The Morgan fingerprint density at radius 3 is 2.77 bits per heavy atom. The molecule has 0 bridgehead atoms. The van der Waals surface area contributed by atoms with Crippen LogP contribution in [0.4, 0.5) is 19.0 Å². The maximum atomic E-state index is 13.9. The largest absolute Gasteiger partial charge is 0.410 e. The molecule has 0 radical (unpaired) electrons. The molecule has 4 rings (SSSR count). The number of aryl methyl sites for hydroxylation is 1. The SMILES string of the molecule is Cc1c(CN(C)C(=O)c2nn3c(c2Br)NC(c2cccs2)CC3C(F)(F)F)cnn1C. The van der Waals surface area contributed by atoms with E-state index in [4.69, 9.17) is 0 Å². The Hall–Kier alpha value is -2.34. The van der Waals surface area contributed by atoms with E-state index in [2.05, 4.69) is 31.4 Å². The molecule has 7 nitrogen and oxygen atoms in total. The minimum Gasteiger partial charge on any atom is -0.362 e. The molecule has 2 atom stereocenters. The fourth-order valence-corrected chi connectivity index (χ4v) is 4.95. The smallest absolute Gasteiger partial charge is 0.362 e. The molecular weight excluding hydrogens is 497 g/mol. The molecule has 166 valence electrons. The number of halogens is 4. The van der Waals surface area contributed by atoms with Crippen molar-refractivity contribution < 1.29 is 18.0 Å². The first-order chi connectivity index (χ1) is 14.6. The van der Waals surface area contributed by atoms with Gasteiger partial charge in [0.15, 0.2) is 11.7 Å². The fourth-order valence-electron chi connectivity index (χ4n) is 3.61. The molecule has 4 heterocycles. The Bertz CT molecular complexity index is 1110. The Labute approximate surface area is 189 Å². The monoisotopic (exact) mass is 516 g/mol. The van der Waals surface area contributed by atoms with Gasteiger partial charge in [-0.05, 0) is 34.3 Å². The number of fused-ring (bicyclic) bond motifs is 1. The summed E-state index contributed by atoms with van der Waals surface area (Å²) in [6, 6.07) is 1.24. The lowest BCUT2D eigenvalue weighted by Gasteiger charge is -2.33. The van der Waals surface area contributed by atoms with E-state index < -0.39 is 24.2 Å². The number of hydrogen-bond donors (Lipinski definition) is 1. The zero-order valence-electron chi connectivity index (χ0n) is 16.9. The van der Waals surface area contributed by atoms with Crippen molar-refractivity contribution in [3.8, 4) is 0 Å². The van der Waals surface area contributed by atoms with Gasteiger partial charge < -0.3 is 10.2 Å². The third-order valence-corrected chi connectivity index (χ3v) is 7.21. The number of aromatic nitrogens is 4. The lowest BCUT2D eigenvalue weighted by Crippen LogP contribution is -2.35. The fraction of sp³-hybridized carbons (Fsp3) is 0.421. The van der Waals surface area contributed by atoms with Crippen LogP contribution < -0.4 is 5.32 Å². The Kier molecular flexibility index (Phi) is 5.63. The van der Waals surface area contributed by atoms with E-state index in [1.807, 2.05) is 12.3 Å². The minimum atomic E-state index is -4.50. The molecule has 1 aliphatic rings. The number of anilines is 1. The molecular formula is C19H20BrF3N6OS. The van der Waals surface area contributed by atoms with E-state index in [-0.39, 0.29) is 29.0 Å². The number of alkyl halides is 3. The van der Waals surface area contributed by atoms with Crippen molar-refractivity contribution in [3.05, 3.63) is 50.0 Å². The molecule has 0 aromatic carbocycles. The van der Waals surface area contributed by atoms with Crippen LogP contribution in [0.25, 0.3) is 0 Å². The molecule has 0 fully saturated rings. The van der Waals surface area contributed by atoms with Crippen molar-refractivity contribution in [1.29, 1.82) is 0 Å². The summed E-state index contributed by atoms with van der Waals surface area (Å²) in [5.41, 5.74) is 1.69. The van der Waals surface area contributed by atoms with Gasteiger partial charge in [-0.3, -0.25) is 9.48 Å². The van der Waals surface area contributed by atoms with Crippen LogP contribution in [0.1, 0.15) is 45.1 Å². The molecule has 1 N–H and O–H groups in total. The highest BCUT2D eigenvalue weighted by atomic mass is 79.9. The van der Waals surface area contributed by atoms with E-state index in [1.165, 1.54) is 16.2 Å². The summed E-state index contributed by atoms with van der Waals surface area (Å²) in [6.45, 7) is 2.15. The summed E-state index contributed by atoms with van der Waals surface area (Å²) in [4.78, 5) is 15.3. The topological polar surface area (TPSA) is 68.0 Å². The first-order valence-corrected chi connectivity index (χ1v) is 11.1. The zero-order valence-corrected chi connectivity index (χ0v) is 19.3. The number of amides is 1. The van der Waals surface area contributed by atoms with E-state index >= 15 is 0 Å². The molecule has 3 aromatic rings. The molecule has 12 heteroatoms. The standard InChI is InChI=1S/C19H20BrF3N6OS/c1-10-11(8-24-28(10)3)9-27(2)18(30)16-15(20)17-25-12(13-5-4-6-31-13)7-14(19(21,22)23)29(17)26-16/h4-6,8,12,14,25H,7,9H2,1-3H3. The molecule has 0 saturated heterocycles. The van der Waals surface area contributed by atoms with Crippen LogP contribution in [0.15, 0.2) is 28.2 Å². The van der Waals surface area contributed by atoms with Crippen molar-refractivity contribution in [3.63, 3.8) is 0 Å². The third-order valence-electron chi connectivity index (χ3n) is 5.48. The van der Waals surface area contributed by atoms with E-state index in [0.717, 1.165) is 20.8 Å². The molecule has 31 heavy (non-hydrogen) atoms. The maximum Gasteiger partial charge on any atom is 0.410 e. The normalized spacial score (nSPS) is 18.5. The van der Waals surface area contributed by atoms with Crippen molar-refractivity contribution in [2.45, 2.75) is 38.1 Å². The number of carbonyl (C=O) groups excluding carboxylic acids is 1. The van der Waals surface area contributed by atoms with Crippen LogP contribution in [0.5, 0.6) is 0 Å². The summed E-state index contributed by atoms with van der Waals surface area (Å²) >= 11 is 4.71. The predicted molar refractivity (Wildman–Crippen MR) is 114 cm³/mol. The van der Waals surface area contributed by atoms with Gasteiger partial charge >= 0.3 is 6.18 Å². The van der Waals surface area contributed by atoms with Crippen LogP contribution in [0, 0.1) is 6.92 Å². The van der Waals surface area contributed by atoms with Gasteiger partial charge in [-0.25, -0.2) is 4.68 Å². The number of hydrogen-bond acceptors (Lipinski definition) is 5. The molecule has 3 aromatic heterocycles. The molecule has 0 saturated carbocycles. The number of nitrogens with one attached hydrogen (secondary N) is 1. The maximum absolute atomic E-state index is 13.9. The summed E-state index contributed by atoms with van der Waals surface area (Å²) in [5, 5.41) is 13.2. The Morgan fingerprint density at radius 1 is 1.45 bits per heavy atom. The Morgan fingerprint density at radius 2 is 2.19 bits per heavy atom. The van der Waals surface area contributed by atoms with Crippen molar-refractivity contribution in [1.82, 2.24) is 24.5 Å². The average molecular weight is 517 g/mol. The zero-order chi connectivity index (χ0) is 22.5. The van der Waals surface area contributed by atoms with Gasteiger partial charge in [-0.1, -0.05) is 6.07 Å². The lowest BCUT2D eigenvalue weighted by molar-refractivity contribution is -0.173. The lowest BCUT2D eigenvalue weighted by atomic mass is 10.0. The van der Waals surface area contributed by atoms with E-state index in [9.17, 15) is 18.0 Å². The highest BCUT2D eigenvalue weighted by Crippen LogP contribution is 2.47. The number of rotatable bonds is 4. The average Bonchev–Trinajstić information content (AvgIpc) is 3.43. The molecule has 1 aliphatic heterocycles. The minimum absolute atomic E-state index is 0.0624. The van der Waals surface area contributed by atoms with Gasteiger partial charge in [-0.15, -0.1) is 11.3 Å². The number of carbonyl (C=O) groups is 1. The first-order valence-electron chi connectivity index (χ1n) is 9.45. The quantitative estimate of drug-likeness (QED) is 0.546. The second-order valence-corrected chi connectivity index (χ2v) is 9.27. The van der Waals surface area contributed by atoms with Gasteiger partial charge in [0, 0.05) is 43.2 Å². The predicted octanol–water partition coefficient (Wildman–Crippen LogP) is 4.68. The van der Waals surface area contributed by atoms with Gasteiger partial charge in [0.2, 0.25) is 0 Å². The summed E-state index contributed by atoms with van der Waals surface area (Å²) in [5.74, 6) is -0.325. The molecule has 0 spiro atoms. The third kappa shape index (κ3) is 3.98. The highest BCUT2D eigenvalue weighted by Gasteiger charge is 2.48. The molecule has 1 amide bonds. The Balaban J connectivity index is 1.67. The van der Waals surface area contributed by atoms with Gasteiger partial charge in [0.1, 0.15) is 5.82 Å². The second kappa shape index (κ2) is 7.97. The number of thiophene rings is 1. The number of nitrogens with zero attached hydrogens (tertiary/aromatic N) is 5. The van der Waals surface area contributed by atoms with E-state index in [0.29, 0.717) is 0 Å². The van der Waals surface area contributed by atoms with Gasteiger partial charge in [0.25, 0.3) is 5.91 Å². The van der Waals surface area contributed by atoms with Gasteiger partial charge in [-0.2, -0.15) is 23.4 Å². The summed E-state index contributed by atoms with van der Waals surface area (Å²) < 4.78 is 44.4. The molecule has 0 aliphatic carbocycles. The van der Waals surface area contributed by atoms with Crippen LogP contribution in [0.2, 0.25) is 0 Å². The first kappa shape index (κ1) is 21.9. The second-order valence-electron chi connectivity index (χ2n) is 7.50. The van der Waals surface area contributed by atoms with Crippen LogP contribution >= 0.6 is 27.3 Å². The summed E-state index contributed by atoms with van der Waals surface area (Å²) in [6.07, 6.45) is -3.04. The van der Waals surface area contributed by atoms with Crippen LogP contribution in [-0.2, 0) is 13.6 Å². The summed E-state index contributed by atoms with van der Waals surface area (Å²) in [7, 11) is 3.39. The highest BCUT2D eigenvalue weighted by molar-refractivity contribution is 9.10. The van der Waals surface area contributed by atoms with Crippen molar-refractivity contribution in [2.75, 3.05) is 12.4 Å². The molecule has 2 unspecified atom stereocenters. The van der Waals surface area contributed by atoms with Crippen LogP contribution in [-0.4, -0.2) is 43.6 Å².